The number of hydrogen-bond donors (Lipinski definition) is 1. The fourth-order valence-corrected chi connectivity index (χ4v) is 3.38. The molecular weight excluding hydrogens is 238 g/mol. The van der Waals surface area contributed by atoms with Crippen LogP contribution in [0.1, 0.15) is 26.7 Å². The third-order valence-corrected chi connectivity index (χ3v) is 4.46. The third kappa shape index (κ3) is 4.71. The van der Waals surface area contributed by atoms with Gasteiger partial charge < -0.3 is 15.0 Å². The number of nitrogens with zero attached hydrogens (tertiary/aromatic N) is 2. The lowest BCUT2D eigenvalue weighted by atomic mass is 9.97. The van der Waals surface area contributed by atoms with Crippen molar-refractivity contribution in [1.82, 2.24) is 15.1 Å². The molecule has 2 heterocycles. The van der Waals surface area contributed by atoms with E-state index in [0.29, 0.717) is 12.1 Å². The second-order valence-corrected chi connectivity index (χ2v) is 6.41. The number of likely N-dealkylation sites (tertiary alicyclic amines) is 1. The summed E-state index contributed by atoms with van der Waals surface area (Å²) >= 11 is 0. The Morgan fingerprint density at radius 1 is 1.26 bits per heavy atom. The Balaban J connectivity index is 1.76. The van der Waals surface area contributed by atoms with Crippen LogP contribution in [0.2, 0.25) is 0 Å². The van der Waals surface area contributed by atoms with Crippen molar-refractivity contribution >= 4 is 0 Å². The van der Waals surface area contributed by atoms with Crippen molar-refractivity contribution < 1.29 is 4.74 Å². The predicted molar refractivity (Wildman–Crippen MR) is 79.5 cm³/mol. The maximum absolute atomic E-state index is 5.96. The minimum atomic E-state index is 0.407. The molecule has 2 aliphatic rings. The molecule has 2 rings (SSSR count). The van der Waals surface area contributed by atoms with E-state index in [1.54, 1.807) is 0 Å². The topological polar surface area (TPSA) is 27.7 Å². The van der Waals surface area contributed by atoms with Gasteiger partial charge in [-0.2, -0.15) is 0 Å². The molecule has 0 saturated carbocycles. The van der Waals surface area contributed by atoms with Gasteiger partial charge in [-0.1, -0.05) is 0 Å². The van der Waals surface area contributed by atoms with E-state index in [1.807, 2.05) is 0 Å². The summed E-state index contributed by atoms with van der Waals surface area (Å²) in [6.07, 6.45) is 3.12. The molecule has 2 saturated heterocycles. The van der Waals surface area contributed by atoms with Crippen molar-refractivity contribution in [3.63, 3.8) is 0 Å². The Labute approximate surface area is 118 Å². The Bertz CT molecular complexity index is 258. The molecule has 0 bridgehead atoms. The standard InChI is InChI=1S/C15H31N3O/c1-13(2)18-7-8-19-15(12-18)11-17-6-4-5-14(10-17)9-16-3/h13-16H,4-12H2,1-3H3. The van der Waals surface area contributed by atoms with E-state index >= 15 is 0 Å². The van der Waals surface area contributed by atoms with Crippen molar-refractivity contribution in [2.45, 2.75) is 38.8 Å². The Kier molecular flexibility index (Phi) is 6.07. The van der Waals surface area contributed by atoms with Gasteiger partial charge in [-0.3, -0.25) is 4.90 Å². The van der Waals surface area contributed by atoms with Crippen LogP contribution < -0.4 is 5.32 Å². The van der Waals surface area contributed by atoms with E-state index in [4.69, 9.17) is 4.74 Å². The average Bonchev–Trinajstić information content (AvgIpc) is 2.40. The number of hydrogen-bond acceptors (Lipinski definition) is 4. The van der Waals surface area contributed by atoms with Crippen LogP contribution in [0.4, 0.5) is 0 Å². The van der Waals surface area contributed by atoms with Crippen LogP contribution in [0.15, 0.2) is 0 Å². The van der Waals surface area contributed by atoms with Crippen LogP contribution in [-0.4, -0.2) is 74.9 Å². The van der Waals surface area contributed by atoms with Gasteiger partial charge in [-0.05, 0) is 52.7 Å². The van der Waals surface area contributed by atoms with Crippen molar-refractivity contribution in [2.24, 2.45) is 5.92 Å². The van der Waals surface area contributed by atoms with Crippen LogP contribution in [0, 0.1) is 5.92 Å². The summed E-state index contributed by atoms with van der Waals surface area (Å²) in [6.45, 7) is 12.4. The van der Waals surface area contributed by atoms with Crippen LogP contribution >= 0.6 is 0 Å². The lowest BCUT2D eigenvalue weighted by molar-refractivity contribution is -0.0559. The third-order valence-electron chi connectivity index (χ3n) is 4.46. The van der Waals surface area contributed by atoms with E-state index < -0.39 is 0 Å². The minimum absolute atomic E-state index is 0.407. The number of piperidine rings is 1. The molecule has 4 heteroatoms. The monoisotopic (exact) mass is 269 g/mol. The van der Waals surface area contributed by atoms with E-state index in [1.165, 1.54) is 25.9 Å². The van der Waals surface area contributed by atoms with Crippen LogP contribution in [-0.2, 0) is 4.74 Å². The number of nitrogens with one attached hydrogen (secondary N) is 1. The van der Waals surface area contributed by atoms with Gasteiger partial charge >= 0.3 is 0 Å². The zero-order valence-corrected chi connectivity index (χ0v) is 12.9. The lowest BCUT2D eigenvalue weighted by Gasteiger charge is -2.39. The Hall–Kier alpha value is -0.160. The first kappa shape index (κ1) is 15.2. The Morgan fingerprint density at radius 3 is 2.84 bits per heavy atom. The molecule has 1 N–H and O–H groups in total. The summed E-state index contributed by atoms with van der Waals surface area (Å²) in [7, 11) is 2.06. The van der Waals surface area contributed by atoms with Gasteiger partial charge in [0.1, 0.15) is 0 Å². The molecule has 0 aliphatic carbocycles. The number of rotatable bonds is 5. The first-order valence-corrected chi connectivity index (χ1v) is 7.91. The van der Waals surface area contributed by atoms with Crippen LogP contribution in [0.3, 0.4) is 0 Å². The molecule has 2 unspecified atom stereocenters. The van der Waals surface area contributed by atoms with Crippen molar-refractivity contribution in [3.05, 3.63) is 0 Å². The molecule has 2 atom stereocenters. The summed E-state index contributed by atoms with van der Waals surface area (Å²) in [5.41, 5.74) is 0. The maximum Gasteiger partial charge on any atom is 0.0829 e. The molecule has 0 radical (unpaired) electrons. The van der Waals surface area contributed by atoms with Gasteiger partial charge in [0.15, 0.2) is 0 Å². The molecule has 0 aromatic rings. The van der Waals surface area contributed by atoms with Crippen LogP contribution in [0.25, 0.3) is 0 Å². The molecule has 0 aromatic carbocycles. The zero-order chi connectivity index (χ0) is 13.7. The largest absolute Gasteiger partial charge is 0.374 e. The van der Waals surface area contributed by atoms with E-state index in [-0.39, 0.29) is 0 Å². The molecular formula is C15H31N3O. The van der Waals surface area contributed by atoms with E-state index in [9.17, 15) is 0 Å². The van der Waals surface area contributed by atoms with Gasteiger partial charge in [0.25, 0.3) is 0 Å². The predicted octanol–water partition coefficient (Wildman–Crippen LogP) is 1.03. The molecule has 4 nitrogen and oxygen atoms in total. The van der Waals surface area contributed by atoms with Crippen molar-refractivity contribution in [2.75, 3.05) is 52.9 Å². The summed E-state index contributed by atoms with van der Waals surface area (Å²) in [5, 5.41) is 3.32. The molecule has 2 fully saturated rings. The number of morpholine rings is 1. The van der Waals surface area contributed by atoms with Gasteiger partial charge in [0.05, 0.1) is 12.7 Å². The van der Waals surface area contributed by atoms with E-state index in [0.717, 1.165) is 38.7 Å². The SMILES string of the molecule is CNCC1CCCN(CC2CN(C(C)C)CCO2)C1. The summed E-state index contributed by atoms with van der Waals surface area (Å²) < 4.78 is 5.96. The minimum Gasteiger partial charge on any atom is -0.374 e. The average molecular weight is 269 g/mol. The zero-order valence-electron chi connectivity index (χ0n) is 12.9. The quantitative estimate of drug-likeness (QED) is 0.807. The second kappa shape index (κ2) is 7.58. The van der Waals surface area contributed by atoms with E-state index in [2.05, 4.69) is 36.0 Å². The van der Waals surface area contributed by atoms with Gasteiger partial charge in [0, 0.05) is 32.2 Å². The highest BCUT2D eigenvalue weighted by atomic mass is 16.5. The van der Waals surface area contributed by atoms with Crippen LogP contribution in [0.5, 0.6) is 0 Å². The van der Waals surface area contributed by atoms with Gasteiger partial charge in [-0.25, -0.2) is 0 Å². The van der Waals surface area contributed by atoms with Crippen molar-refractivity contribution in [1.29, 1.82) is 0 Å². The normalized spacial score (nSPS) is 30.9. The molecule has 0 amide bonds. The molecule has 112 valence electrons. The highest BCUT2D eigenvalue weighted by Crippen LogP contribution is 2.17. The first-order chi connectivity index (χ1) is 9.19. The fourth-order valence-electron chi connectivity index (χ4n) is 3.38. The molecule has 19 heavy (non-hydrogen) atoms. The van der Waals surface area contributed by atoms with Gasteiger partial charge in [0.2, 0.25) is 0 Å². The second-order valence-electron chi connectivity index (χ2n) is 6.41. The fraction of sp³-hybridized carbons (Fsp3) is 1.00. The lowest BCUT2D eigenvalue weighted by Crippen LogP contribution is -2.51. The molecule has 0 aromatic heterocycles. The maximum atomic E-state index is 5.96. The summed E-state index contributed by atoms with van der Waals surface area (Å²) in [4.78, 5) is 5.16. The smallest absolute Gasteiger partial charge is 0.0829 e. The highest BCUT2D eigenvalue weighted by molar-refractivity contribution is 4.80. The highest BCUT2D eigenvalue weighted by Gasteiger charge is 2.26. The Morgan fingerprint density at radius 2 is 2.11 bits per heavy atom. The number of ether oxygens (including phenoxy) is 1. The summed E-state index contributed by atoms with van der Waals surface area (Å²) in [6, 6.07) is 0.643. The van der Waals surface area contributed by atoms with Crippen molar-refractivity contribution in [3.8, 4) is 0 Å². The molecule has 0 spiro atoms. The summed E-state index contributed by atoms with van der Waals surface area (Å²) in [5.74, 6) is 0.823. The molecule has 2 aliphatic heterocycles. The van der Waals surface area contributed by atoms with Gasteiger partial charge in [-0.15, -0.1) is 0 Å². The first-order valence-electron chi connectivity index (χ1n) is 7.91.